The maximum atomic E-state index is 11.7. The molecule has 0 aliphatic heterocycles. The van der Waals surface area contributed by atoms with Gasteiger partial charge in [-0.25, -0.2) is 0 Å². The molecule has 1 aliphatic rings. The quantitative estimate of drug-likeness (QED) is 0.612. The minimum absolute atomic E-state index is 0.0607. The summed E-state index contributed by atoms with van der Waals surface area (Å²) in [5.74, 6) is 0.712. The van der Waals surface area contributed by atoms with Crippen molar-refractivity contribution in [2.24, 2.45) is 11.3 Å². The molecule has 1 saturated carbocycles. The number of carbonyl (C=O) groups excluding carboxylic acids is 1. The topological polar surface area (TPSA) is 20.3 Å². The Kier molecular flexibility index (Phi) is 7.06. The molecule has 3 unspecified atom stereocenters. The Morgan fingerprint density at radius 3 is 2.68 bits per heavy atom. The van der Waals surface area contributed by atoms with Crippen LogP contribution < -0.4 is 0 Å². The number of hydrogen-bond acceptors (Lipinski definition) is 2. The van der Waals surface area contributed by atoms with Crippen LogP contribution in [0.4, 0.5) is 0 Å². The maximum Gasteiger partial charge on any atom is 0.127 e. The van der Waals surface area contributed by atoms with Gasteiger partial charge in [-0.05, 0) is 45.1 Å². The van der Waals surface area contributed by atoms with Crippen molar-refractivity contribution in [3.63, 3.8) is 0 Å². The molecule has 0 aromatic carbocycles. The van der Waals surface area contributed by atoms with Crippen LogP contribution in [0.25, 0.3) is 0 Å². The predicted molar refractivity (Wildman–Crippen MR) is 82.4 cm³/mol. The summed E-state index contributed by atoms with van der Waals surface area (Å²) in [6.45, 7) is 11.2. The molecule has 0 aromatic rings. The van der Waals surface area contributed by atoms with Crippen molar-refractivity contribution < 1.29 is 4.79 Å². The summed E-state index contributed by atoms with van der Waals surface area (Å²) in [4.78, 5) is 14.3. The van der Waals surface area contributed by atoms with E-state index in [0.29, 0.717) is 12.0 Å². The standard InChI is InChI=1S/C17H33NO/c1-5-7-11-18(16(4)6-2)13-17(14-19)10-8-9-15(3)12-17/h14-16H,5-13H2,1-4H3. The molecule has 0 radical (unpaired) electrons. The van der Waals surface area contributed by atoms with Crippen LogP contribution in [0.15, 0.2) is 0 Å². The first-order valence-electron chi connectivity index (χ1n) is 8.27. The number of rotatable bonds is 8. The van der Waals surface area contributed by atoms with Gasteiger partial charge in [0.15, 0.2) is 0 Å². The number of hydrogen-bond donors (Lipinski definition) is 0. The van der Waals surface area contributed by atoms with E-state index in [4.69, 9.17) is 0 Å². The zero-order chi connectivity index (χ0) is 14.3. The van der Waals surface area contributed by atoms with Gasteiger partial charge in [-0.3, -0.25) is 4.90 Å². The highest BCUT2D eigenvalue weighted by atomic mass is 16.1. The molecule has 0 aromatic heterocycles. The van der Waals surface area contributed by atoms with Gasteiger partial charge in [-0.2, -0.15) is 0 Å². The first kappa shape index (κ1) is 16.7. The Morgan fingerprint density at radius 1 is 1.42 bits per heavy atom. The van der Waals surface area contributed by atoms with Gasteiger partial charge in [0.1, 0.15) is 6.29 Å². The average Bonchev–Trinajstić information content (AvgIpc) is 2.42. The lowest BCUT2D eigenvalue weighted by Gasteiger charge is -2.41. The second-order valence-corrected chi connectivity index (χ2v) is 6.76. The van der Waals surface area contributed by atoms with E-state index in [-0.39, 0.29) is 5.41 Å². The Hall–Kier alpha value is -0.370. The lowest BCUT2D eigenvalue weighted by atomic mass is 9.70. The SMILES string of the molecule is CCCCN(CC1(C=O)CCCC(C)C1)C(C)CC. The number of unbranched alkanes of at least 4 members (excludes halogenated alkanes) is 1. The summed E-state index contributed by atoms with van der Waals surface area (Å²) < 4.78 is 0. The fourth-order valence-corrected chi connectivity index (χ4v) is 3.47. The highest BCUT2D eigenvalue weighted by Gasteiger charge is 2.36. The second kappa shape index (κ2) is 8.04. The van der Waals surface area contributed by atoms with Crippen LogP contribution in [0.2, 0.25) is 0 Å². The summed E-state index contributed by atoms with van der Waals surface area (Å²) in [5, 5.41) is 0. The molecule has 1 fully saturated rings. The number of carbonyl (C=O) groups is 1. The molecule has 2 nitrogen and oxygen atoms in total. The third kappa shape index (κ3) is 4.91. The molecule has 2 heteroatoms. The maximum absolute atomic E-state index is 11.7. The molecule has 0 amide bonds. The molecule has 1 aliphatic carbocycles. The van der Waals surface area contributed by atoms with E-state index in [2.05, 4.69) is 32.6 Å². The largest absolute Gasteiger partial charge is 0.303 e. The van der Waals surface area contributed by atoms with Crippen LogP contribution in [0, 0.1) is 11.3 Å². The predicted octanol–water partition coefficient (Wildman–Crippen LogP) is 4.28. The minimum Gasteiger partial charge on any atom is -0.303 e. The molecule has 1 rings (SSSR count). The third-order valence-corrected chi connectivity index (χ3v) is 4.91. The Labute approximate surface area is 119 Å². The Morgan fingerprint density at radius 2 is 2.16 bits per heavy atom. The molecule has 0 heterocycles. The summed E-state index contributed by atoms with van der Waals surface area (Å²) in [5.41, 5.74) is -0.0607. The van der Waals surface area contributed by atoms with Crippen molar-refractivity contribution in [1.82, 2.24) is 4.90 Å². The lowest BCUT2D eigenvalue weighted by Crippen LogP contribution is -2.45. The van der Waals surface area contributed by atoms with Crippen molar-refractivity contribution in [3.8, 4) is 0 Å². The molecule has 0 spiro atoms. The summed E-state index contributed by atoms with van der Waals surface area (Å²) in [7, 11) is 0. The third-order valence-electron chi connectivity index (χ3n) is 4.91. The summed E-state index contributed by atoms with van der Waals surface area (Å²) in [6, 6.07) is 0.598. The van der Waals surface area contributed by atoms with Gasteiger partial charge in [0.25, 0.3) is 0 Å². The van der Waals surface area contributed by atoms with Crippen molar-refractivity contribution in [1.29, 1.82) is 0 Å². The zero-order valence-electron chi connectivity index (χ0n) is 13.5. The zero-order valence-corrected chi connectivity index (χ0v) is 13.5. The normalized spacial score (nSPS) is 29.4. The Balaban J connectivity index is 2.70. The van der Waals surface area contributed by atoms with Crippen LogP contribution in [0.3, 0.4) is 0 Å². The molecule has 112 valence electrons. The van der Waals surface area contributed by atoms with Gasteiger partial charge < -0.3 is 4.79 Å². The second-order valence-electron chi connectivity index (χ2n) is 6.76. The molecule has 0 bridgehead atoms. The summed E-state index contributed by atoms with van der Waals surface area (Å²) in [6.07, 6.45) is 9.65. The molecular weight excluding hydrogens is 234 g/mol. The highest BCUT2D eigenvalue weighted by molar-refractivity contribution is 5.60. The van der Waals surface area contributed by atoms with Crippen LogP contribution in [-0.2, 0) is 4.79 Å². The fraction of sp³-hybridized carbons (Fsp3) is 0.941. The average molecular weight is 267 g/mol. The van der Waals surface area contributed by atoms with Crippen molar-refractivity contribution in [2.45, 2.75) is 78.7 Å². The van der Waals surface area contributed by atoms with Gasteiger partial charge >= 0.3 is 0 Å². The van der Waals surface area contributed by atoms with Gasteiger partial charge in [-0.1, -0.05) is 40.0 Å². The van der Waals surface area contributed by atoms with E-state index in [0.717, 1.165) is 25.9 Å². The van der Waals surface area contributed by atoms with E-state index >= 15 is 0 Å². The van der Waals surface area contributed by atoms with E-state index in [1.165, 1.54) is 38.4 Å². The lowest BCUT2D eigenvalue weighted by molar-refractivity contribution is -0.120. The summed E-state index contributed by atoms with van der Waals surface area (Å²) >= 11 is 0. The Bertz CT molecular complexity index is 266. The van der Waals surface area contributed by atoms with Crippen molar-refractivity contribution in [2.75, 3.05) is 13.1 Å². The number of aldehydes is 1. The van der Waals surface area contributed by atoms with E-state index in [1.807, 2.05) is 0 Å². The van der Waals surface area contributed by atoms with Gasteiger partial charge in [0.05, 0.1) is 0 Å². The fourth-order valence-electron chi connectivity index (χ4n) is 3.47. The monoisotopic (exact) mass is 267 g/mol. The van der Waals surface area contributed by atoms with Crippen LogP contribution in [0.5, 0.6) is 0 Å². The van der Waals surface area contributed by atoms with Crippen LogP contribution >= 0.6 is 0 Å². The van der Waals surface area contributed by atoms with Gasteiger partial charge in [0, 0.05) is 18.0 Å². The van der Waals surface area contributed by atoms with Crippen LogP contribution in [0.1, 0.15) is 72.6 Å². The van der Waals surface area contributed by atoms with Crippen molar-refractivity contribution >= 4 is 6.29 Å². The molecular formula is C17H33NO. The first-order chi connectivity index (χ1) is 9.06. The van der Waals surface area contributed by atoms with Gasteiger partial charge in [-0.15, -0.1) is 0 Å². The molecule has 3 atom stereocenters. The van der Waals surface area contributed by atoms with Crippen molar-refractivity contribution in [3.05, 3.63) is 0 Å². The molecule has 0 N–H and O–H groups in total. The highest BCUT2D eigenvalue weighted by Crippen LogP contribution is 2.38. The van der Waals surface area contributed by atoms with E-state index < -0.39 is 0 Å². The minimum atomic E-state index is -0.0607. The van der Waals surface area contributed by atoms with Gasteiger partial charge in [0.2, 0.25) is 0 Å². The van der Waals surface area contributed by atoms with Crippen LogP contribution in [-0.4, -0.2) is 30.3 Å². The molecule has 19 heavy (non-hydrogen) atoms. The van der Waals surface area contributed by atoms with E-state index in [9.17, 15) is 4.79 Å². The number of nitrogens with zero attached hydrogens (tertiary/aromatic N) is 1. The molecule has 0 saturated heterocycles. The van der Waals surface area contributed by atoms with E-state index in [1.54, 1.807) is 0 Å². The smallest absolute Gasteiger partial charge is 0.127 e. The first-order valence-corrected chi connectivity index (χ1v) is 8.27.